The monoisotopic (exact) mass is 303 g/mol. The number of thiazole rings is 1. The minimum Gasteiger partial charge on any atom is -0.322 e. The summed E-state index contributed by atoms with van der Waals surface area (Å²) in [5.41, 5.74) is 2.15. The minimum absolute atomic E-state index is 0.213. The first-order chi connectivity index (χ1) is 9.61. The molecule has 0 saturated heterocycles. The summed E-state index contributed by atoms with van der Waals surface area (Å²) in [6.07, 6.45) is 1.51. The number of halogens is 1. The van der Waals surface area contributed by atoms with Crippen LogP contribution in [0.1, 0.15) is 15.4 Å². The Kier molecular flexibility index (Phi) is 3.38. The molecule has 1 aromatic carbocycles. The van der Waals surface area contributed by atoms with E-state index in [2.05, 4.69) is 15.3 Å². The number of anilines is 1. The van der Waals surface area contributed by atoms with Gasteiger partial charge in [0, 0.05) is 17.4 Å². The van der Waals surface area contributed by atoms with E-state index < -0.39 is 0 Å². The van der Waals surface area contributed by atoms with E-state index in [-0.39, 0.29) is 5.91 Å². The summed E-state index contributed by atoms with van der Waals surface area (Å²) >= 11 is 7.37. The molecule has 0 aliphatic heterocycles. The number of carbonyl (C=O) groups excluding carboxylic acids is 1. The topological polar surface area (TPSA) is 54.9 Å². The Hall–Kier alpha value is -1.98. The summed E-state index contributed by atoms with van der Waals surface area (Å²) in [5.74, 6) is -0.213. The predicted octanol–water partition coefficient (Wildman–Crippen LogP) is 3.91. The summed E-state index contributed by atoms with van der Waals surface area (Å²) in [7, 11) is 0. The molecule has 100 valence electrons. The second kappa shape index (κ2) is 5.19. The van der Waals surface area contributed by atoms with Gasteiger partial charge in [0.2, 0.25) is 0 Å². The maximum Gasteiger partial charge on any atom is 0.255 e. The highest BCUT2D eigenvalue weighted by Gasteiger charge is 2.08. The van der Waals surface area contributed by atoms with Gasteiger partial charge in [-0.3, -0.25) is 4.79 Å². The summed E-state index contributed by atoms with van der Waals surface area (Å²) in [5, 5.41) is 4.14. The largest absolute Gasteiger partial charge is 0.322 e. The van der Waals surface area contributed by atoms with E-state index in [0.29, 0.717) is 10.7 Å². The molecule has 1 N–H and O–H groups in total. The van der Waals surface area contributed by atoms with Crippen molar-refractivity contribution in [2.45, 2.75) is 6.92 Å². The summed E-state index contributed by atoms with van der Waals surface area (Å²) in [4.78, 5) is 20.3. The molecule has 2 aromatic heterocycles. The predicted molar refractivity (Wildman–Crippen MR) is 81.6 cm³/mol. The third-order valence-corrected chi connectivity index (χ3v) is 3.88. The molecule has 3 aromatic rings. The van der Waals surface area contributed by atoms with Gasteiger partial charge in [-0.25, -0.2) is 9.97 Å². The van der Waals surface area contributed by atoms with E-state index in [9.17, 15) is 4.79 Å². The van der Waals surface area contributed by atoms with Gasteiger partial charge in [-0.2, -0.15) is 0 Å². The molecule has 1 amide bonds. The molecule has 0 spiro atoms. The zero-order valence-electron chi connectivity index (χ0n) is 10.6. The van der Waals surface area contributed by atoms with Crippen LogP contribution in [0.5, 0.6) is 0 Å². The zero-order chi connectivity index (χ0) is 14.1. The molecule has 0 radical (unpaired) electrons. The van der Waals surface area contributed by atoms with Crippen molar-refractivity contribution >= 4 is 44.7 Å². The molecular weight excluding hydrogens is 294 g/mol. The van der Waals surface area contributed by atoms with Gasteiger partial charge >= 0.3 is 0 Å². The Labute approximate surface area is 124 Å². The molecule has 0 aliphatic rings. The molecule has 4 nitrogen and oxygen atoms in total. The number of amides is 1. The standard InChI is InChI=1S/C14H10ClN3OS/c1-8-17-11-3-2-10(7-12(11)20-8)18-14(19)9-4-5-16-13(15)6-9/h2-7H,1H3,(H,18,19). The molecular formula is C14H10ClN3OS. The van der Waals surface area contributed by atoms with Gasteiger partial charge in [-0.15, -0.1) is 11.3 Å². The van der Waals surface area contributed by atoms with E-state index >= 15 is 0 Å². The quantitative estimate of drug-likeness (QED) is 0.730. The fourth-order valence-electron chi connectivity index (χ4n) is 1.86. The van der Waals surface area contributed by atoms with Crippen molar-refractivity contribution in [2.75, 3.05) is 5.32 Å². The third kappa shape index (κ3) is 2.64. The molecule has 0 atom stereocenters. The summed E-state index contributed by atoms with van der Waals surface area (Å²) in [6.45, 7) is 1.96. The van der Waals surface area contributed by atoms with E-state index in [4.69, 9.17) is 11.6 Å². The Morgan fingerprint density at radius 3 is 2.95 bits per heavy atom. The van der Waals surface area contributed by atoms with Crippen LogP contribution in [0.15, 0.2) is 36.5 Å². The van der Waals surface area contributed by atoms with Gasteiger partial charge in [-0.05, 0) is 37.3 Å². The fourth-order valence-corrected chi connectivity index (χ4v) is 2.90. The van der Waals surface area contributed by atoms with Crippen LogP contribution >= 0.6 is 22.9 Å². The van der Waals surface area contributed by atoms with Crippen LogP contribution in [0.4, 0.5) is 5.69 Å². The number of benzene rings is 1. The number of aromatic nitrogens is 2. The molecule has 6 heteroatoms. The fraction of sp³-hybridized carbons (Fsp3) is 0.0714. The second-order valence-electron chi connectivity index (χ2n) is 4.24. The Morgan fingerprint density at radius 1 is 1.30 bits per heavy atom. The first kappa shape index (κ1) is 13.0. The number of aryl methyl sites for hydroxylation is 1. The van der Waals surface area contributed by atoms with Crippen LogP contribution in [0.2, 0.25) is 5.15 Å². The lowest BCUT2D eigenvalue weighted by Crippen LogP contribution is -2.11. The lowest BCUT2D eigenvalue weighted by atomic mass is 10.2. The van der Waals surface area contributed by atoms with Crippen molar-refractivity contribution in [2.24, 2.45) is 0 Å². The molecule has 0 aliphatic carbocycles. The van der Waals surface area contributed by atoms with Crippen molar-refractivity contribution in [1.29, 1.82) is 0 Å². The number of rotatable bonds is 2. The van der Waals surface area contributed by atoms with Gasteiger partial charge in [0.05, 0.1) is 15.2 Å². The highest BCUT2D eigenvalue weighted by Crippen LogP contribution is 2.25. The SMILES string of the molecule is Cc1nc2ccc(NC(=O)c3ccnc(Cl)c3)cc2s1. The summed E-state index contributed by atoms with van der Waals surface area (Å²) < 4.78 is 1.05. The number of nitrogens with one attached hydrogen (secondary N) is 1. The zero-order valence-corrected chi connectivity index (χ0v) is 12.1. The van der Waals surface area contributed by atoms with Crippen LogP contribution < -0.4 is 5.32 Å². The number of hydrogen-bond acceptors (Lipinski definition) is 4. The Balaban J connectivity index is 1.87. The molecule has 2 heterocycles. The van der Waals surface area contributed by atoms with Crippen molar-refractivity contribution in [3.63, 3.8) is 0 Å². The lowest BCUT2D eigenvalue weighted by Gasteiger charge is -2.05. The van der Waals surface area contributed by atoms with Gasteiger partial charge in [-0.1, -0.05) is 11.6 Å². The van der Waals surface area contributed by atoms with Crippen LogP contribution in [-0.2, 0) is 0 Å². The van der Waals surface area contributed by atoms with E-state index in [1.165, 1.54) is 12.3 Å². The van der Waals surface area contributed by atoms with E-state index in [1.54, 1.807) is 17.4 Å². The number of hydrogen-bond donors (Lipinski definition) is 1. The van der Waals surface area contributed by atoms with Gasteiger partial charge in [0.1, 0.15) is 5.15 Å². The van der Waals surface area contributed by atoms with Gasteiger partial charge in [0.25, 0.3) is 5.91 Å². The van der Waals surface area contributed by atoms with Gasteiger partial charge in [0.15, 0.2) is 0 Å². The molecule has 20 heavy (non-hydrogen) atoms. The third-order valence-electron chi connectivity index (χ3n) is 2.74. The Morgan fingerprint density at radius 2 is 2.15 bits per heavy atom. The molecule has 0 saturated carbocycles. The highest BCUT2D eigenvalue weighted by atomic mass is 35.5. The molecule has 0 unspecified atom stereocenters. The number of pyridine rings is 1. The van der Waals surface area contributed by atoms with E-state index in [0.717, 1.165) is 20.9 Å². The highest BCUT2D eigenvalue weighted by molar-refractivity contribution is 7.18. The number of carbonyl (C=O) groups is 1. The van der Waals surface area contributed by atoms with Crippen molar-refractivity contribution < 1.29 is 4.79 Å². The number of fused-ring (bicyclic) bond motifs is 1. The first-order valence-electron chi connectivity index (χ1n) is 5.92. The first-order valence-corrected chi connectivity index (χ1v) is 7.11. The average molecular weight is 304 g/mol. The van der Waals surface area contributed by atoms with Crippen molar-refractivity contribution in [3.8, 4) is 0 Å². The van der Waals surface area contributed by atoms with Crippen LogP contribution in [0, 0.1) is 6.92 Å². The van der Waals surface area contributed by atoms with Crippen molar-refractivity contribution in [3.05, 3.63) is 52.3 Å². The van der Waals surface area contributed by atoms with Crippen LogP contribution in [-0.4, -0.2) is 15.9 Å². The molecule has 0 fully saturated rings. The normalized spacial score (nSPS) is 10.7. The summed E-state index contributed by atoms with van der Waals surface area (Å²) in [6, 6.07) is 8.81. The number of nitrogens with zero attached hydrogens (tertiary/aromatic N) is 2. The maximum atomic E-state index is 12.1. The average Bonchev–Trinajstić information content (AvgIpc) is 2.78. The second-order valence-corrected chi connectivity index (χ2v) is 5.86. The van der Waals surface area contributed by atoms with E-state index in [1.807, 2.05) is 25.1 Å². The van der Waals surface area contributed by atoms with Crippen molar-refractivity contribution in [1.82, 2.24) is 9.97 Å². The lowest BCUT2D eigenvalue weighted by molar-refractivity contribution is 0.102. The molecule has 3 rings (SSSR count). The Bertz CT molecular complexity index is 800. The smallest absolute Gasteiger partial charge is 0.255 e. The van der Waals surface area contributed by atoms with Crippen LogP contribution in [0.25, 0.3) is 10.2 Å². The van der Waals surface area contributed by atoms with Gasteiger partial charge < -0.3 is 5.32 Å². The van der Waals surface area contributed by atoms with Crippen LogP contribution in [0.3, 0.4) is 0 Å². The molecule has 0 bridgehead atoms. The minimum atomic E-state index is -0.213. The maximum absolute atomic E-state index is 12.1.